The molecule has 1 amide bonds. The maximum Gasteiger partial charge on any atom is 0.338 e. The minimum Gasteiger partial charge on any atom is -0.494 e. The lowest BCUT2D eigenvalue weighted by atomic mass is 10.1. The third-order valence-electron chi connectivity index (χ3n) is 3.70. The second-order valence-corrected chi connectivity index (χ2v) is 6.53. The van der Waals surface area contributed by atoms with E-state index in [2.05, 4.69) is 13.8 Å². The first-order chi connectivity index (χ1) is 12.9. The molecule has 0 saturated carbocycles. The molecule has 2 rings (SSSR count). The average molecular weight is 371 g/mol. The summed E-state index contributed by atoms with van der Waals surface area (Å²) in [6, 6.07) is 13.8. The van der Waals surface area contributed by atoms with E-state index < -0.39 is 11.9 Å². The number of carbonyl (C=O) groups excluding carboxylic acids is 2. The lowest BCUT2D eigenvalue weighted by Gasteiger charge is -2.09. The monoisotopic (exact) mass is 371 g/mol. The van der Waals surface area contributed by atoms with Gasteiger partial charge < -0.3 is 19.9 Å². The van der Waals surface area contributed by atoms with Crippen LogP contribution in [0.3, 0.4) is 0 Å². The van der Waals surface area contributed by atoms with Gasteiger partial charge in [0.1, 0.15) is 18.1 Å². The number of esters is 1. The number of rotatable bonds is 10. The zero-order chi connectivity index (χ0) is 19.6. The Hall–Kier alpha value is -3.02. The summed E-state index contributed by atoms with van der Waals surface area (Å²) in [6.45, 7) is 4.83. The second kappa shape index (κ2) is 10.2. The van der Waals surface area contributed by atoms with Crippen molar-refractivity contribution < 1.29 is 23.8 Å². The van der Waals surface area contributed by atoms with E-state index in [0.717, 1.165) is 17.7 Å². The largest absolute Gasteiger partial charge is 0.494 e. The molecule has 0 aliphatic heterocycles. The van der Waals surface area contributed by atoms with Crippen LogP contribution in [0.1, 0.15) is 36.2 Å². The molecular formula is C21H25NO5. The normalized spacial score (nSPS) is 10.5. The van der Waals surface area contributed by atoms with Gasteiger partial charge in [0.05, 0.1) is 12.2 Å². The molecule has 2 N–H and O–H groups in total. The molecule has 27 heavy (non-hydrogen) atoms. The van der Waals surface area contributed by atoms with Crippen molar-refractivity contribution in [2.45, 2.75) is 26.9 Å². The van der Waals surface area contributed by atoms with Gasteiger partial charge in [0.2, 0.25) is 0 Å². The highest BCUT2D eigenvalue weighted by molar-refractivity contribution is 5.89. The molecule has 6 nitrogen and oxygen atoms in total. The van der Waals surface area contributed by atoms with Crippen LogP contribution >= 0.6 is 0 Å². The van der Waals surface area contributed by atoms with Crippen LogP contribution in [0.2, 0.25) is 0 Å². The van der Waals surface area contributed by atoms with Crippen molar-refractivity contribution in [3.8, 4) is 11.5 Å². The van der Waals surface area contributed by atoms with Gasteiger partial charge in [-0.1, -0.05) is 26.0 Å². The molecule has 0 fully saturated rings. The van der Waals surface area contributed by atoms with Gasteiger partial charge in [-0.05, 0) is 54.3 Å². The first kappa shape index (κ1) is 20.3. The Kier molecular flexibility index (Phi) is 7.67. The van der Waals surface area contributed by atoms with Crippen molar-refractivity contribution in [1.29, 1.82) is 0 Å². The Morgan fingerprint density at radius 3 is 2.41 bits per heavy atom. The first-order valence-electron chi connectivity index (χ1n) is 8.84. The molecule has 0 aliphatic carbocycles. The summed E-state index contributed by atoms with van der Waals surface area (Å²) >= 11 is 0. The highest BCUT2D eigenvalue weighted by Gasteiger charge is 2.08. The standard InChI is InChI=1S/C21H25NO5/c1-15(2)10-11-25-18-8-6-17(7-9-18)21(24)27-13-16-4-3-5-19(12-16)26-14-20(22)23/h3-9,12,15H,10-11,13-14H2,1-2H3,(H2,22,23). The summed E-state index contributed by atoms with van der Waals surface area (Å²) in [5.41, 5.74) is 6.25. The number of carbonyl (C=O) groups is 2. The Morgan fingerprint density at radius 2 is 1.74 bits per heavy atom. The van der Waals surface area contributed by atoms with Crippen LogP contribution in [0, 0.1) is 5.92 Å². The Labute approximate surface area is 159 Å². The van der Waals surface area contributed by atoms with Crippen molar-refractivity contribution >= 4 is 11.9 Å². The Balaban J connectivity index is 1.84. The van der Waals surface area contributed by atoms with E-state index in [1.54, 1.807) is 48.5 Å². The summed E-state index contributed by atoms with van der Waals surface area (Å²) in [6.07, 6.45) is 0.978. The fourth-order valence-electron chi connectivity index (χ4n) is 2.21. The summed E-state index contributed by atoms with van der Waals surface area (Å²) in [7, 11) is 0. The van der Waals surface area contributed by atoms with E-state index in [1.165, 1.54) is 0 Å². The molecule has 0 bridgehead atoms. The van der Waals surface area contributed by atoms with Crippen LogP contribution in [-0.4, -0.2) is 25.1 Å². The van der Waals surface area contributed by atoms with Gasteiger partial charge in [0.15, 0.2) is 6.61 Å². The lowest BCUT2D eigenvalue weighted by molar-refractivity contribution is -0.119. The van der Waals surface area contributed by atoms with E-state index in [0.29, 0.717) is 23.8 Å². The van der Waals surface area contributed by atoms with Crippen LogP contribution < -0.4 is 15.2 Å². The van der Waals surface area contributed by atoms with E-state index in [1.807, 2.05) is 0 Å². The molecule has 6 heteroatoms. The number of primary amides is 1. The molecule has 0 atom stereocenters. The number of hydrogen-bond donors (Lipinski definition) is 1. The minimum atomic E-state index is -0.552. The zero-order valence-corrected chi connectivity index (χ0v) is 15.6. The van der Waals surface area contributed by atoms with Crippen molar-refractivity contribution in [2.75, 3.05) is 13.2 Å². The van der Waals surface area contributed by atoms with E-state index in [9.17, 15) is 9.59 Å². The van der Waals surface area contributed by atoms with Gasteiger partial charge in [-0.3, -0.25) is 4.79 Å². The average Bonchev–Trinajstić information content (AvgIpc) is 2.65. The van der Waals surface area contributed by atoms with Crippen LogP contribution in [-0.2, 0) is 16.1 Å². The second-order valence-electron chi connectivity index (χ2n) is 6.53. The van der Waals surface area contributed by atoms with Gasteiger partial charge in [-0.25, -0.2) is 4.79 Å². The molecule has 0 spiro atoms. The molecule has 0 aliphatic rings. The quantitative estimate of drug-likeness (QED) is 0.647. The summed E-state index contributed by atoms with van der Waals surface area (Å²) in [5, 5.41) is 0. The SMILES string of the molecule is CC(C)CCOc1ccc(C(=O)OCc2cccc(OCC(N)=O)c2)cc1. The first-order valence-corrected chi connectivity index (χ1v) is 8.84. The highest BCUT2D eigenvalue weighted by atomic mass is 16.5. The van der Waals surface area contributed by atoms with Crippen LogP contribution in [0.25, 0.3) is 0 Å². The Morgan fingerprint density at radius 1 is 1.00 bits per heavy atom. The van der Waals surface area contributed by atoms with Crippen molar-refractivity contribution in [3.05, 3.63) is 59.7 Å². The van der Waals surface area contributed by atoms with Gasteiger partial charge >= 0.3 is 5.97 Å². The Bertz CT molecular complexity index is 755. The van der Waals surface area contributed by atoms with Gasteiger partial charge in [-0.2, -0.15) is 0 Å². The zero-order valence-electron chi connectivity index (χ0n) is 15.6. The molecule has 2 aromatic carbocycles. The number of hydrogen-bond acceptors (Lipinski definition) is 5. The van der Waals surface area contributed by atoms with E-state index in [-0.39, 0.29) is 13.2 Å². The molecular weight excluding hydrogens is 346 g/mol. The van der Waals surface area contributed by atoms with Gasteiger partial charge in [0.25, 0.3) is 5.91 Å². The fraction of sp³-hybridized carbons (Fsp3) is 0.333. The predicted octanol–water partition coefficient (Wildman–Crippen LogP) is 3.33. The molecule has 2 aromatic rings. The molecule has 0 aromatic heterocycles. The highest BCUT2D eigenvalue weighted by Crippen LogP contribution is 2.17. The fourth-order valence-corrected chi connectivity index (χ4v) is 2.21. The van der Waals surface area contributed by atoms with Crippen molar-refractivity contribution in [3.63, 3.8) is 0 Å². The maximum atomic E-state index is 12.2. The van der Waals surface area contributed by atoms with Crippen LogP contribution in [0.15, 0.2) is 48.5 Å². The van der Waals surface area contributed by atoms with Crippen molar-refractivity contribution in [2.24, 2.45) is 11.7 Å². The number of benzene rings is 2. The van der Waals surface area contributed by atoms with Gasteiger partial charge in [0, 0.05) is 0 Å². The molecule has 144 valence electrons. The smallest absolute Gasteiger partial charge is 0.338 e. The topological polar surface area (TPSA) is 87.8 Å². The number of amides is 1. The lowest BCUT2D eigenvalue weighted by Crippen LogP contribution is -2.20. The molecule has 0 saturated heterocycles. The van der Waals surface area contributed by atoms with E-state index in [4.69, 9.17) is 19.9 Å². The van der Waals surface area contributed by atoms with Crippen LogP contribution in [0.4, 0.5) is 0 Å². The summed E-state index contributed by atoms with van der Waals surface area (Å²) < 4.78 is 16.2. The third-order valence-corrected chi connectivity index (χ3v) is 3.70. The summed E-state index contributed by atoms with van der Waals surface area (Å²) in [5.74, 6) is 0.825. The third kappa shape index (κ3) is 7.40. The van der Waals surface area contributed by atoms with E-state index >= 15 is 0 Å². The minimum absolute atomic E-state index is 0.0965. The maximum absolute atomic E-state index is 12.2. The van der Waals surface area contributed by atoms with Crippen LogP contribution in [0.5, 0.6) is 11.5 Å². The molecule has 0 unspecified atom stereocenters. The van der Waals surface area contributed by atoms with Gasteiger partial charge in [-0.15, -0.1) is 0 Å². The summed E-state index contributed by atoms with van der Waals surface area (Å²) in [4.78, 5) is 22.9. The number of ether oxygens (including phenoxy) is 3. The van der Waals surface area contributed by atoms with Crippen molar-refractivity contribution in [1.82, 2.24) is 0 Å². The molecule has 0 heterocycles. The number of nitrogens with two attached hydrogens (primary N) is 1. The predicted molar refractivity (Wildman–Crippen MR) is 102 cm³/mol. The molecule has 0 radical (unpaired) electrons.